The lowest BCUT2D eigenvalue weighted by molar-refractivity contribution is -0.144. The van der Waals surface area contributed by atoms with Crippen LogP contribution in [0, 0.1) is 0 Å². The normalized spacial score (nSPS) is 8.64. The molecule has 0 aliphatic carbocycles. The molecule has 0 amide bonds. The summed E-state index contributed by atoms with van der Waals surface area (Å²) in [7, 11) is 0. The quantitative estimate of drug-likeness (QED) is 0.406. The standard InChI is InChI=1S/C9H14O4.CH4/c1-3-4-5-13-8(10)6-7(2)9(11)12;/h2-6H2,1H3,(H,11,12);1H4. The molecule has 0 fully saturated rings. The van der Waals surface area contributed by atoms with Gasteiger partial charge >= 0.3 is 11.9 Å². The molecule has 0 unspecified atom stereocenters. The largest absolute Gasteiger partial charge is 0.478 e. The highest BCUT2D eigenvalue weighted by Crippen LogP contribution is 2.00. The van der Waals surface area contributed by atoms with Gasteiger partial charge in [0.15, 0.2) is 0 Å². The Morgan fingerprint density at radius 2 is 2.00 bits per heavy atom. The second kappa shape index (κ2) is 8.29. The fraction of sp³-hybridized carbons (Fsp3) is 0.600. The van der Waals surface area contributed by atoms with Crippen molar-refractivity contribution in [3.63, 3.8) is 0 Å². The molecule has 0 saturated carbocycles. The Bertz CT molecular complexity index is 208. The molecular formula is C10H18O4. The van der Waals surface area contributed by atoms with Crippen molar-refractivity contribution in [2.45, 2.75) is 33.6 Å². The van der Waals surface area contributed by atoms with E-state index in [0.717, 1.165) is 12.8 Å². The van der Waals surface area contributed by atoms with Gasteiger partial charge in [0.1, 0.15) is 0 Å². The van der Waals surface area contributed by atoms with Crippen LogP contribution < -0.4 is 0 Å². The summed E-state index contributed by atoms with van der Waals surface area (Å²) in [6, 6.07) is 0. The summed E-state index contributed by atoms with van der Waals surface area (Å²) in [5, 5.41) is 8.40. The molecule has 0 aliphatic rings. The van der Waals surface area contributed by atoms with Crippen LogP contribution in [-0.2, 0) is 14.3 Å². The van der Waals surface area contributed by atoms with E-state index in [9.17, 15) is 9.59 Å². The van der Waals surface area contributed by atoms with E-state index >= 15 is 0 Å². The first kappa shape index (κ1) is 15.2. The van der Waals surface area contributed by atoms with Crippen molar-refractivity contribution < 1.29 is 19.4 Å². The number of carboxylic acid groups (broad SMARTS) is 1. The van der Waals surface area contributed by atoms with Gasteiger partial charge in [0.05, 0.1) is 13.0 Å². The lowest BCUT2D eigenvalue weighted by atomic mass is 10.2. The number of unbranched alkanes of at least 4 members (excludes halogenated alkanes) is 1. The van der Waals surface area contributed by atoms with E-state index < -0.39 is 11.9 Å². The average molecular weight is 202 g/mol. The number of ether oxygens (including phenoxy) is 1. The smallest absolute Gasteiger partial charge is 0.331 e. The van der Waals surface area contributed by atoms with Gasteiger partial charge in [0.25, 0.3) is 0 Å². The first-order valence-corrected chi connectivity index (χ1v) is 4.14. The van der Waals surface area contributed by atoms with Gasteiger partial charge in [-0.05, 0) is 6.42 Å². The molecule has 82 valence electrons. The van der Waals surface area contributed by atoms with Crippen molar-refractivity contribution in [1.29, 1.82) is 0 Å². The SMILES string of the molecule is C.C=C(CC(=O)OCCCC)C(=O)O. The van der Waals surface area contributed by atoms with Crippen LogP contribution in [0.25, 0.3) is 0 Å². The van der Waals surface area contributed by atoms with Gasteiger partial charge in [-0.3, -0.25) is 4.79 Å². The van der Waals surface area contributed by atoms with Crippen LogP contribution >= 0.6 is 0 Å². The highest BCUT2D eigenvalue weighted by molar-refractivity contribution is 5.91. The zero-order chi connectivity index (χ0) is 10.3. The topological polar surface area (TPSA) is 63.6 Å². The highest BCUT2D eigenvalue weighted by Gasteiger charge is 2.10. The number of carbonyl (C=O) groups is 2. The molecule has 1 N–H and O–H groups in total. The van der Waals surface area contributed by atoms with Crippen molar-refractivity contribution in [1.82, 2.24) is 0 Å². The summed E-state index contributed by atoms with van der Waals surface area (Å²) >= 11 is 0. The van der Waals surface area contributed by atoms with Crippen LogP contribution in [-0.4, -0.2) is 23.7 Å². The van der Waals surface area contributed by atoms with Gasteiger partial charge in [-0.2, -0.15) is 0 Å². The van der Waals surface area contributed by atoms with Crippen molar-refractivity contribution in [2.24, 2.45) is 0 Å². The third-order valence-corrected chi connectivity index (χ3v) is 1.42. The van der Waals surface area contributed by atoms with E-state index in [4.69, 9.17) is 9.84 Å². The second-order valence-corrected chi connectivity index (χ2v) is 2.66. The van der Waals surface area contributed by atoms with Crippen molar-refractivity contribution in [3.05, 3.63) is 12.2 Å². The summed E-state index contributed by atoms with van der Waals surface area (Å²) in [5.41, 5.74) is -0.138. The van der Waals surface area contributed by atoms with Gasteiger partial charge in [-0.25, -0.2) is 4.79 Å². The van der Waals surface area contributed by atoms with Crippen LogP contribution in [0.4, 0.5) is 0 Å². The predicted molar refractivity (Wildman–Crippen MR) is 54.0 cm³/mol. The van der Waals surface area contributed by atoms with E-state index in [2.05, 4.69) is 6.58 Å². The molecule has 4 nitrogen and oxygen atoms in total. The Morgan fingerprint density at radius 1 is 1.43 bits per heavy atom. The number of rotatable bonds is 6. The zero-order valence-electron chi connectivity index (χ0n) is 7.71. The highest BCUT2D eigenvalue weighted by atomic mass is 16.5. The molecule has 0 aliphatic heterocycles. The molecule has 0 aromatic carbocycles. The molecule has 0 bridgehead atoms. The molecule has 0 heterocycles. The molecule has 0 atom stereocenters. The van der Waals surface area contributed by atoms with Gasteiger partial charge in [0.2, 0.25) is 0 Å². The fourth-order valence-corrected chi connectivity index (χ4v) is 0.631. The minimum Gasteiger partial charge on any atom is -0.478 e. The minimum absolute atomic E-state index is 0. The lowest BCUT2D eigenvalue weighted by Gasteiger charge is -2.02. The van der Waals surface area contributed by atoms with Crippen molar-refractivity contribution in [3.8, 4) is 0 Å². The summed E-state index contributed by atoms with van der Waals surface area (Å²) in [4.78, 5) is 21.1. The van der Waals surface area contributed by atoms with Crippen LogP contribution in [0.3, 0.4) is 0 Å². The van der Waals surface area contributed by atoms with E-state index in [1.54, 1.807) is 0 Å². The molecule has 4 heteroatoms. The Labute approximate surface area is 84.6 Å². The lowest BCUT2D eigenvalue weighted by Crippen LogP contribution is -2.10. The molecule has 0 rings (SSSR count). The number of hydrogen-bond donors (Lipinski definition) is 1. The van der Waals surface area contributed by atoms with E-state index in [1.165, 1.54) is 0 Å². The number of esters is 1. The number of aliphatic carboxylic acids is 1. The van der Waals surface area contributed by atoms with E-state index in [-0.39, 0.29) is 19.4 Å². The number of carboxylic acids is 1. The minimum atomic E-state index is -1.16. The molecule has 0 saturated heterocycles. The fourth-order valence-electron chi connectivity index (χ4n) is 0.631. The van der Waals surface area contributed by atoms with Crippen LogP contribution in [0.1, 0.15) is 33.6 Å². The van der Waals surface area contributed by atoms with E-state index in [0.29, 0.717) is 6.61 Å². The summed E-state index contributed by atoms with van der Waals surface area (Å²) in [6.07, 6.45) is 1.50. The molecular weight excluding hydrogens is 184 g/mol. The van der Waals surface area contributed by atoms with Gasteiger partial charge in [0, 0.05) is 5.57 Å². The van der Waals surface area contributed by atoms with Gasteiger partial charge < -0.3 is 9.84 Å². The molecule has 14 heavy (non-hydrogen) atoms. The first-order valence-electron chi connectivity index (χ1n) is 4.14. The predicted octanol–water partition coefficient (Wildman–Crippen LogP) is 2.00. The monoisotopic (exact) mass is 202 g/mol. The molecule has 0 radical (unpaired) electrons. The molecule has 0 spiro atoms. The van der Waals surface area contributed by atoms with Crippen molar-refractivity contribution in [2.75, 3.05) is 6.61 Å². The van der Waals surface area contributed by atoms with Gasteiger partial charge in [-0.15, -0.1) is 0 Å². The molecule has 0 aromatic heterocycles. The number of hydrogen-bond acceptors (Lipinski definition) is 3. The maximum absolute atomic E-state index is 10.9. The summed E-state index contributed by atoms with van der Waals surface area (Å²) in [5.74, 6) is -1.69. The third-order valence-electron chi connectivity index (χ3n) is 1.42. The first-order chi connectivity index (χ1) is 6.07. The van der Waals surface area contributed by atoms with Crippen molar-refractivity contribution >= 4 is 11.9 Å². The Morgan fingerprint density at radius 3 is 2.43 bits per heavy atom. The van der Waals surface area contributed by atoms with E-state index in [1.807, 2.05) is 6.92 Å². The third kappa shape index (κ3) is 7.34. The summed E-state index contributed by atoms with van der Waals surface area (Å²) < 4.78 is 4.74. The zero-order valence-corrected chi connectivity index (χ0v) is 7.71. The van der Waals surface area contributed by atoms with Gasteiger partial charge in [-0.1, -0.05) is 27.4 Å². The molecule has 0 aromatic rings. The van der Waals surface area contributed by atoms with Crippen LogP contribution in [0.2, 0.25) is 0 Å². The average Bonchev–Trinajstić information content (AvgIpc) is 2.04. The van der Waals surface area contributed by atoms with Crippen LogP contribution in [0.15, 0.2) is 12.2 Å². The Hall–Kier alpha value is -1.32. The summed E-state index contributed by atoms with van der Waals surface area (Å²) in [6.45, 7) is 5.55. The maximum Gasteiger partial charge on any atom is 0.331 e. The number of carbonyl (C=O) groups excluding carboxylic acids is 1. The Kier molecular flexibility index (Phi) is 8.98. The maximum atomic E-state index is 10.9. The Balaban J connectivity index is 0. The van der Waals surface area contributed by atoms with Crippen LogP contribution in [0.5, 0.6) is 0 Å². The second-order valence-electron chi connectivity index (χ2n) is 2.66.